The van der Waals surface area contributed by atoms with Gasteiger partial charge in [0.05, 0.1) is 5.56 Å². The quantitative estimate of drug-likeness (QED) is 0.479. The molecule has 0 saturated heterocycles. The van der Waals surface area contributed by atoms with Gasteiger partial charge in [0, 0.05) is 10.4 Å². The maximum absolute atomic E-state index is 12.7. The van der Waals surface area contributed by atoms with Crippen molar-refractivity contribution < 1.29 is 17.9 Å². The number of hydrogen-bond acceptors (Lipinski definition) is 2. The third kappa shape index (κ3) is 3.93. The Hall–Kier alpha value is -2.27. The van der Waals surface area contributed by atoms with Gasteiger partial charge in [0.1, 0.15) is 12.4 Å². The van der Waals surface area contributed by atoms with Crippen LogP contribution in [0.15, 0.2) is 47.8 Å². The van der Waals surface area contributed by atoms with Gasteiger partial charge in [-0.2, -0.15) is 13.2 Å². The topological polar surface area (TPSA) is 9.23 Å². The van der Waals surface area contributed by atoms with Crippen LogP contribution in [0.1, 0.15) is 27.8 Å². The van der Waals surface area contributed by atoms with Crippen LogP contribution >= 0.6 is 11.3 Å². The van der Waals surface area contributed by atoms with E-state index in [1.54, 1.807) is 0 Å². The fourth-order valence-corrected chi connectivity index (χ4v) is 3.64. The lowest BCUT2D eigenvalue weighted by atomic mass is 10.1. The van der Waals surface area contributed by atoms with Gasteiger partial charge >= 0.3 is 6.18 Å². The van der Waals surface area contributed by atoms with Crippen LogP contribution in [-0.2, 0) is 12.8 Å². The Bertz CT molecular complexity index is 908. The van der Waals surface area contributed by atoms with E-state index in [0.29, 0.717) is 6.61 Å². The largest absolute Gasteiger partial charge is 0.488 e. The number of hydrogen-bond donors (Lipinski definition) is 0. The van der Waals surface area contributed by atoms with Crippen LogP contribution in [0, 0.1) is 20.8 Å². The van der Waals surface area contributed by atoms with Gasteiger partial charge in [0.15, 0.2) is 0 Å². The molecule has 136 valence electrons. The van der Waals surface area contributed by atoms with Gasteiger partial charge in [0.2, 0.25) is 0 Å². The minimum Gasteiger partial charge on any atom is -0.488 e. The van der Waals surface area contributed by atoms with Crippen molar-refractivity contribution in [3.05, 3.63) is 75.7 Å². The van der Waals surface area contributed by atoms with Gasteiger partial charge in [-0.05, 0) is 66.6 Å². The fraction of sp³-hybridized carbons (Fsp3) is 0.238. The first kappa shape index (κ1) is 18.5. The van der Waals surface area contributed by atoms with Gasteiger partial charge in [-0.1, -0.05) is 24.3 Å². The van der Waals surface area contributed by atoms with E-state index in [-0.39, 0.29) is 0 Å². The summed E-state index contributed by atoms with van der Waals surface area (Å²) in [5, 5.41) is 1.98. The Labute approximate surface area is 155 Å². The van der Waals surface area contributed by atoms with Crippen LogP contribution in [0.25, 0.3) is 10.4 Å². The molecule has 1 nitrogen and oxygen atoms in total. The Morgan fingerprint density at radius 2 is 1.58 bits per heavy atom. The Kier molecular flexibility index (Phi) is 5.10. The van der Waals surface area contributed by atoms with Gasteiger partial charge in [0.25, 0.3) is 0 Å². The van der Waals surface area contributed by atoms with Gasteiger partial charge in [-0.25, -0.2) is 0 Å². The average molecular weight is 376 g/mol. The summed E-state index contributed by atoms with van der Waals surface area (Å²) in [5.74, 6) is 0.896. The van der Waals surface area contributed by atoms with Crippen LogP contribution in [0.5, 0.6) is 5.75 Å². The number of alkyl halides is 3. The van der Waals surface area contributed by atoms with Crippen LogP contribution in [0.2, 0.25) is 0 Å². The number of ether oxygens (including phenoxy) is 1. The molecule has 26 heavy (non-hydrogen) atoms. The van der Waals surface area contributed by atoms with Crippen LogP contribution in [-0.4, -0.2) is 0 Å². The number of aryl methyl sites for hydroxylation is 2. The number of thiophene rings is 1. The highest BCUT2D eigenvalue weighted by atomic mass is 32.1. The molecule has 0 unspecified atom stereocenters. The van der Waals surface area contributed by atoms with Crippen molar-refractivity contribution in [2.24, 2.45) is 0 Å². The van der Waals surface area contributed by atoms with E-state index in [1.165, 1.54) is 29.0 Å². The van der Waals surface area contributed by atoms with Crippen molar-refractivity contribution in [3.63, 3.8) is 0 Å². The average Bonchev–Trinajstić information content (AvgIpc) is 3.07. The highest BCUT2D eigenvalue weighted by molar-refractivity contribution is 7.13. The molecule has 0 amide bonds. The summed E-state index contributed by atoms with van der Waals surface area (Å²) in [6.45, 7) is 6.54. The predicted octanol–water partition coefficient (Wildman–Crippen LogP) is 6.94. The van der Waals surface area contributed by atoms with Crippen molar-refractivity contribution in [3.8, 4) is 16.2 Å². The highest BCUT2D eigenvalue weighted by Gasteiger charge is 2.30. The van der Waals surface area contributed by atoms with E-state index in [1.807, 2.05) is 31.4 Å². The smallest absolute Gasteiger partial charge is 0.416 e. The van der Waals surface area contributed by atoms with E-state index in [2.05, 4.69) is 13.0 Å². The molecule has 0 saturated carbocycles. The zero-order valence-electron chi connectivity index (χ0n) is 14.8. The maximum atomic E-state index is 12.7. The molecule has 0 radical (unpaired) electrons. The lowest BCUT2D eigenvalue weighted by Gasteiger charge is -2.13. The lowest BCUT2D eigenvalue weighted by Crippen LogP contribution is -2.03. The van der Waals surface area contributed by atoms with Crippen molar-refractivity contribution in [1.82, 2.24) is 0 Å². The summed E-state index contributed by atoms with van der Waals surface area (Å²) in [7, 11) is 0. The fourth-order valence-electron chi connectivity index (χ4n) is 2.73. The third-order valence-electron chi connectivity index (χ3n) is 4.41. The molecule has 0 aliphatic carbocycles. The molecular weight excluding hydrogens is 357 g/mol. The first-order valence-electron chi connectivity index (χ1n) is 8.20. The molecule has 1 heterocycles. The molecule has 0 atom stereocenters. The SMILES string of the molecule is Cc1ccc(C)c(OCc2csc(-c3ccc(C(F)(F)F)cc3)c2)c1C. The Morgan fingerprint density at radius 1 is 0.923 bits per heavy atom. The molecule has 0 fully saturated rings. The summed E-state index contributed by atoms with van der Waals surface area (Å²) in [6.07, 6.45) is -4.31. The van der Waals surface area contributed by atoms with Crippen molar-refractivity contribution in [1.29, 1.82) is 0 Å². The first-order valence-corrected chi connectivity index (χ1v) is 9.08. The Balaban J connectivity index is 1.74. The second-order valence-electron chi connectivity index (χ2n) is 6.34. The number of benzene rings is 2. The number of halogens is 3. The molecule has 0 spiro atoms. The molecular formula is C21H19F3OS. The minimum absolute atomic E-state index is 0.433. The van der Waals surface area contributed by atoms with Crippen molar-refractivity contribution in [2.45, 2.75) is 33.6 Å². The summed E-state index contributed by atoms with van der Waals surface area (Å²) in [5.41, 5.74) is 4.55. The molecule has 0 N–H and O–H groups in total. The summed E-state index contributed by atoms with van der Waals surface area (Å²) in [6, 6.07) is 11.3. The summed E-state index contributed by atoms with van der Waals surface area (Å²) in [4.78, 5) is 0.926. The van der Waals surface area contributed by atoms with Gasteiger partial charge in [-0.3, -0.25) is 0 Å². The Morgan fingerprint density at radius 3 is 2.23 bits per heavy atom. The molecule has 2 aromatic carbocycles. The van der Waals surface area contributed by atoms with Crippen molar-refractivity contribution >= 4 is 11.3 Å². The molecule has 5 heteroatoms. The van der Waals surface area contributed by atoms with E-state index >= 15 is 0 Å². The standard InChI is InChI=1S/C21H19F3OS/c1-13-4-5-14(2)20(15(13)3)25-11-16-10-19(26-12-16)17-6-8-18(9-7-17)21(22,23)24/h4-10,12H,11H2,1-3H3. The molecule has 0 aliphatic heterocycles. The second-order valence-corrected chi connectivity index (χ2v) is 7.25. The summed E-state index contributed by atoms with van der Waals surface area (Å²) < 4.78 is 44.0. The monoisotopic (exact) mass is 376 g/mol. The van der Waals surface area contributed by atoms with Gasteiger partial charge in [-0.15, -0.1) is 11.3 Å². The summed E-state index contributed by atoms with van der Waals surface area (Å²) >= 11 is 1.50. The van der Waals surface area contributed by atoms with Crippen LogP contribution in [0.4, 0.5) is 13.2 Å². The van der Waals surface area contributed by atoms with Crippen molar-refractivity contribution in [2.75, 3.05) is 0 Å². The molecule has 1 aromatic heterocycles. The predicted molar refractivity (Wildman–Crippen MR) is 99.7 cm³/mol. The second kappa shape index (κ2) is 7.16. The molecule has 3 rings (SSSR count). The van der Waals surface area contributed by atoms with E-state index in [4.69, 9.17) is 4.74 Å². The minimum atomic E-state index is -4.31. The molecule has 3 aromatic rings. The maximum Gasteiger partial charge on any atom is 0.416 e. The zero-order valence-corrected chi connectivity index (χ0v) is 15.6. The van der Waals surface area contributed by atoms with Crippen LogP contribution in [0.3, 0.4) is 0 Å². The van der Waals surface area contributed by atoms with Crippen LogP contribution < -0.4 is 4.74 Å². The molecule has 0 aliphatic rings. The highest BCUT2D eigenvalue weighted by Crippen LogP contribution is 2.33. The lowest BCUT2D eigenvalue weighted by molar-refractivity contribution is -0.137. The zero-order chi connectivity index (χ0) is 18.9. The number of rotatable bonds is 4. The third-order valence-corrected chi connectivity index (χ3v) is 5.44. The van der Waals surface area contributed by atoms with Gasteiger partial charge < -0.3 is 4.74 Å². The first-order chi connectivity index (χ1) is 12.3. The normalized spacial score (nSPS) is 11.6. The van der Waals surface area contributed by atoms with E-state index < -0.39 is 11.7 Å². The van der Waals surface area contributed by atoms with E-state index in [9.17, 15) is 13.2 Å². The molecule has 0 bridgehead atoms. The van der Waals surface area contributed by atoms with E-state index in [0.717, 1.165) is 45.0 Å².